The van der Waals surface area contributed by atoms with Crippen LogP contribution in [0.3, 0.4) is 0 Å². The second-order valence-electron chi connectivity index (χ2n) is 7.86. The Kier molecular flexibility index (Phi) is 8.94. The number of benzene rings is 3. The lowest BCUT2D eigenvalue weighted by Gasteiger charge is -2.32. The molecule has 0 unspecified atom stereocenters. The molecular weight excluding hydrogens is 528 g/mol. The normalized spacial score (nSPS) is 12.0. The van der Waals surface area contributed by atoms with E-state index in [4.69, 9.17) is 23.2 Å². The summed E-state index contributed by atoms with van der Waals surface area (Å²) < 4.78 is 41.5. The van der Waals surface area contributed by atoms with Gasteiger partial charge in [-0.2, -0.15) is 0 Å². The molecule has 0 heterocycles. The molecule has 7 nitrogen and oxygen atoms in total. The Morgan fingerprint density at radius 3 is 2.22 bits per heavy atom. The molecule has 0 bridgehead atoms. The lowest BCUT2D eigenvalue weighted by molar-refractivity contribution is -0.139. The number of halogens is 3. The van der Waals surface area contributed by atoms with Gasteiger partial charge in [0.15, 0.2) is 0 Å². The predicted molar refractivity (Wildman–Crippen MR) is 138 cm³/mol. The van der Waals surface area contributed by atoms with Crippen molar-refractivity contribution in [3.05, 3.63) is 94.2 Å². The van der Waals surface area contributed by atoms with Crippen molar-refractivity contribution in [2.24, 2.45) is 0 Å². The van der Waals surface area contributed by atoms with Crippen LogP contribution in [0.15, 0.2) is 77.7 Å². The van der Waals surface area contributed by atoms with Crippen molar-refractivity contribution >= 4 is 50.7 Å². The van der Waals surface area contributed by atoms with Crippen LogP contribution in [-0.2, 0) is 26.2 Å². The van der Waals surface area contributed by atoms with Gasteiger partial charge in [0.25, 0.3) is 10.0 Å². The largest absolute Gasteiger partial charge is 0.357 e. The van der Waals surface area contributed by atoms with Crippen molar-refractivity contribution in [1.82, 2.24) is 10.2 Å². The summed E-state index contributed by atoms with van der Waals surface area (Å²) in [5, 5.41) is 2.81. The van der Waals surface area contributed by atoms with Crippen LogP contribution >= 0.6 is 23.2 Å². The SMILES string of the molecule is CNC(=O)[C@@H](C)N(Cc1ccc(F)cc1)C(=O)CN(c1ccc(Cl)cc1Cl)S(=O)(=O)c1ccccc1. The average Bonchev–Trinajstić information content (AvgIpc) is 2.86. The lowest BCUT2D eigenvalue weighted by atomic mass is 10.1. The van der Waals surface area contributed by atoms with Crippen molar-refractivity contribution in [2.75, 3.05) is 17.9 Å². The number of anilines is 1. The van der Waals surface area contributed by atoms with Crippen LogP contribution in [-0.4, -0.2) is 44.8 Å². The van der Waals surface area contributed by atoms with Gasteiger partial charge in [0.1, 0.15) is 18.4 Å². The number of rotatable bonds is 9. The zero-order chi connectivity index (χ0) is 26.5. The average molecular weight is 552 g/mol. The van der Waals surface area contributed by atoms with Crippen molar-refractivity contribution in [3.8, 4) is 0 Å². The molecule has 11 heteroatoms. The van der Waals surface area contributed by atoms with Gasteiger partial charge in [0.2, 0.25) is 11.8 Å². The number of carbonyl (C=O) groups excluding carboxylic acids is 2. The maximum absolute atomic E-state index is 13.6. The molecule has 1 N–H and O–H groups in total. The summed E-state index contributed by atoms with van der Waals surface area (Å²) in [6.45, 7) is 0.813. The molecule has 190 valence electrons. The molecule has 3 rings (SSSR count). The number of likely N-dealkylation sites (N-methyl/N-ethyl adjacent to an activating group) is 1. The summed E-state index contributed by atoms with van der Waals surface area (Å²) in [7, 11) is -2.81. The molecule has 3 aromatic carbocycles. The fraction of sp³-hybridized carbons (Fsp3) is 0.200. The van der Waals surface area contributed by atoms with Gasteiger partial charge < -0.3 is 10.2 Å². The van der Waals surface area contributed by atoms with E-state index < -0.39 is 40.2 Å². The Morgan fingerprint density at radius 2 is 1.64 bits per heavy atom. The molecule has 3 aromatic rings. The third-order valence-corrected chi connectivity index (χ3v) is 7.78. The second kappa shape index (κ2) is 11.7. The Hall–Kier alpha value is -3.14. The smallest absolute Gasteiger partial charge is 0.264 e. The Bertz CT molecular complexity index is 1340. The number of hydrogen-bond acceptors (Lipinski definition) is 4. The topological polar surface area (TPSA) is 86.8 Å². The first-order chi connectivity index (χ1) is 17.0. The molecule has 0 aromatic heterocycles. The maximum atomic E-state index is 13.6. The van der Waals surface area contributed by atoms with E-state index in [1.807, 2.05) is 0 Å². The van der Waals surface area contributed by atoms with E-state index in [1.54, 1.807) is 18.2 Å². The molecule has 0 saturated carbocycles. The van der Waals surface area contributed by atoms with Crippen LogP contribution in [0.1, 0.15) is 12.5 Å². The first-order valence-corrected chi connectivity index (χ1v) is 13.0. The van der Waals surface area contributed by atoms with E-state index >= 15 is 0 Å². The molecule has 0 aliphatic heterocycles. The van der Waals surface area contributed by atoms with Crippen molar-refractivity contribution < 1.29 is 22.4 Å². The first-order valence-electron chi connectivity index (χ1n) is 10.8. The van der Waals surface area contributed by atoms with E-state index in [9.17, 15) is 22.4 Å². The molecule has 1 atom stereocenters. The summed E-state index contributed by atoms with van der Waals surface area (Å²) in [6.07, 6.45) is 0. The maximum Gasteiger partial charge on any atom is 0.264 e. The van der Waals surface area contributed by atoms with Crippen LogP contribution < -0.4 is 9.62 Å². The van der Waals surface area contributed by atoms with Crippen molar-refractivity contribution in [2.45, 2.75) is 24.4 Å². The standard InChI is InChI=1S/C25H24Cl2FN3O4S/c1-17(25(33)29-2)30(15-18-8-11-20(28)12-9-18)24(32)16-31(23-13-10-19(26)14-22(23)27)36(34,35)21-6-4-3-5-7-21/h3-14,17H,15-16H2,1-2H3,(H,29,33)/t17-/m1/s1. The summed E-state index contributed by atoms with van der Waals surface area (Å²) in [4.78, 5) is 27.2. The zero-order valence-corrected chi connectivity index (χ0v) is 21.8. The van der Waals surface area contributed by atoms with E-state index in [0.29, 0.717) is 10.6 Å². The highest BCUT2D eigenvalue weighted by Gasteiger charge is 2.33. The van der Waals surface area contributed by atoms with E-state index in [-0.39, 0.29) is 22.2 Å². The second-order valence-corrected chi connectivity index (χ2v) is 10.6. The lowest BCUT2D eigenvalue weighted by Crippen LogP contribution is -2.50. The molecule has 0 saturated heterocycles. The predicted octanol–water partition coefficient (Wildman–Crippen LogP) is 4.49. The molecule has 0 spiro atoms. The fourth-order valence-electron chi connectivity index (χ4n) is 3.49. The van der Waals surface area contributed by atoms with E-state index in [1.165, 1.54) is 73.5 Å². The van der Waals surface area contributed by atoms with Gasteiger partial charge in [-0.3, -0.25) is 13.9 Å². The molecule has 0 radical (unpaired) electrons. The highest BCUT2D eigenvalue weighted by atomic mass is 35.5. The Balaban J connectivity index is 2.05. The molecule has 36 heavy (non-hydrogen) atoms. The van der Waals surface area contributed by atoms with E-state index in [2.05, 4.69) is 5.32 Å². The molecule has 2 amide bonds. The highest BCUT2D eigenvalue weighted by Crippen LogP contribution is 2.33. The number of nitrogens with zero attached hydrogens (tertiary/aromatic N) is 2. The fourth-order valence-corrected chi connectivity index (χ4v) is 5.51. The van der Waals surface area contributed by atoms with Crippen LogP contribution in [0.2, 0.25) is 10.0 Å². The molecular formula is C25H24Cl2FN3O4S. The van der Waals surface area contributed by atoms with Gasteiger partial charge in [-0.05, 0) is 55.0 Å². The van der Waals surface area contributed by atoms with Crippen molar-refractivity contribution in [3.63, 3.8) is 0 Å². The number of nitrogens with one attached hydrogen (secondary N) is 1. The van der Waals surface area contributed by atoms with Gasteiger partial charge in [-0.1, -0.05) is 53.5 Å². The monoisotopic (exact) mass is 551 g/mol. The first kappa shape index (κ1) is 27.4. The van der Waals surface area contributed by atoms with Crippen LogP contribution in [0, 0.1) is 5.82 Å². The number of carbonyl (C=O) groups is 2. The number of sulfonamides is 1. The quantitative estimate of drug-likeness (QED) is 0.424. The summed E-state index contributed by atoms with van der Waals surface area (Å²) in [5.74, 6) is -1.57. The van der Waals surface area contributed by atoms with Crippen molar-refractivity contribution in [1.29, 1.82) is 0 Å². The summed E-state index contributed by atoms with van der Waals surface area (Å²) in [5.41, 5.74) is 0.607. The van der Waals surface area contributed by atoms with Gasteiger partial charge in [-0.15, -0.1) is 0 Å². The molecule has 0 fully saturated rings. The third-order valence-electron chi connectivity index (χ3n) is 5.47. The zero-order valence-electron chi connectivity index (χ0n) is 19.5. The Morgan fingerprint density at radius 1 is 1.00 bits per heavy atom. The van der Waals surface area contributed by atoms with Gasteiger partial charge >= 0.3 is 0 Å². The minimum absolute atomic E-state index is 0.0271. The number of hydrogen-bond donors (Lipinski definition) is 1. The van der Waals surface area contributed by atoms with Crippen LogP contribution in [0.25, 0.3) is 0 Å². The summed E-state index contributed by atoms with van der Waals surface area (Å²) in [6, 6.07) is 16.3. The number of amides is 2. The Labute approximate surface area is 219 Å². The molecule has 0 aliphatic rings. The van der Waals surface area contributed by atoms with Crippen LogP contribution in [0.5, 0.6) is 0 Å². The van der Waals surface area contributed by atoms with Crippen LogP contribution in [0.4, 0.5) is 10.1 Å². The highest BCUT2D eigenvalue weighted by molar-refractivity contribution is 7.92. The van der Waals surface area contributed by atoms with Gasteiger partial charge in [0.05, 0.1) is 15.6 Å². The van der Waals surface area contributed by atoms with Gasteiger partial charge in [-0.25, -0.2) is 12.8 Å². The third kappa shape index (κ3) is 6.34. The minimum atomic E-state index is -4.24. The van der Waals surface area contributed by atoms with E-state index in [0.717, 1.165) is 4.31 Å². The summed E-state index contributed by atoms with van der Waals surface area (Å²) >= 11 is 12.3. The minimum Gasteiger partial charge on any atom is -0.357 e. The van der Waals surface area contributed by atoms with Gasteiger partial charge in [0, 0.05) is 18.6 Å². The molecule has 0 aliphatic carbocycles.